The lowest BCUT2D eigenvalue weighted by Crippen LogP contribution is -2.49. The van der Waals surface area contributed by atoms with Gasteiger partial charge in [-0.3, -0.25) is 0 Å². The molecule has 0 radical (unpaired) electrons. The van der Waals surface area contributed by atoms with Crippen molar-refractivity contribution in [3.8, 4) is 0 Å². The summed E-state index contributed by atoms with van der Waals surface area (Å²) in [5, 5.41) is 0. The van der Waals surface area contributed by atoms with Crippen LogP contribution < -0.4 is 4.90 Å². The third-order valence-electron chi connectivity index (χ3n) is 4.64. The molecule has 3 rings (SSSR count). The molecule has 0 saturated carbocycles. The highest BCUT2D eigenvalue weighted by molar-refractivity contribution is 7.89. The molecule has 1 aromatic carbocycles. The summed E-state index contributed by atoms with van der Waals surface area (Å²) in [6, 6.07) is 9.28. The molecule has 2 heterocycles. The fourth-order valence-corrected chi connectivity index (χ4v) is 4.72. The van der Waals surface area contributed by atoms with Gasteiger partial charge in [-0.25, -0.2) is 23.0 Å². The highest BCUT2D eigenvalue weighted by Gasteiger charge is 2.33. The smallest absolute Gasteiger partial charge is 0.339 e. The molecule has 0 atom stereocenters. The number of sulfonamides is 1. The topological polar surface area (TPSA) is 106 Å². The van der Waals surface area contributed by atoms with Gasteiger partial charge < -0.3 is 14.4 Å². The molecule has 154 valence electrons. The highest BCUT2D eigenvalue weighted by Crippen LogP contribution is 2.25. The van der Waals surface area contributed by atoms with Crippen molar-refractivity contribution in [2.24, 2.45) is 0 Å². The van der Waals surface area contributed by atoms with E-state index in [0.29, 0.717) is 13.1 Å². The first-order chi connectivity index (χ1) is 13.9. The number of ether oxygens (including phenoxy) is 2. The number of nitrogens with zero attached hydrogens (tertiary/aromatic N) is 3. The summed E-state index contributed by atoms with van der Waals surface area (Å²) < 4.78 is 37.2. The van der Waals surface area contributed by atoms with Gasteiger partial charge in [0.05, 0.1) is 30.2 Å². The summed E-state index contributed by atoms with van der Waals surface area (Å²) in [6.07, 6.45) is 1.68. The zero-order valence-electron chi connectivity index (χ0n) is 16.1. The Morgan fingerprint density at radius 1 is 0.966 bits per heavy atom. The van der Waals surface area contributed by atoms with E-state index in [1.807, 2.05) is 23.1 Å². The monoisotopic (exact) mass is 419 g/mol. The predicted molar refractivity (Wildman–Crippen MR) is 104 cm³/mol. The summed E-state index contributed by atoms with van der Waals surface area (Å²) in [5.74, 6) is -0.725. The van der Waals surface area contributed by atoms with E-state index in [1.54, 1.807) is 6.20 Å². The molecule has 1 saturated heterocycles. The molecule has 10 heteroatoms. The fraction of sp³-hybridized carbons (Fsp3) is 0.316. The van der Waals surface area contributed by atoms with E-state index in [-0.39, 0.29) is 29.1 Å². The quantitative estimate of drug-likeness (QED) is 0.665. The Balaban J connectivity index is 1.90. The molecule has 1 aliphatic heterocycles. The standard InChI is InChI=1S/C19H21N3O6S/c1-27-18(23)14-6-7-15(19(24)28-2)16(13-14)29(25,26)22-11-9-21(10-12-22)17-5-3-4-8-20-17/h3-8,13H,9-12H2,1-2H3. The van der Waals surface area contributed by atoms with E-state index >= 15 is 0 Å². The van der Waals surface area contributed by atoms with Crippen LogP contribution in [0, 0.1) is 0 Å². The predicted octanol–water partition coefficient (Wildman–Crippen LogP) is 1.17. The van der Waals surface area contributed by atoms with E-state index in [0.717, 1.165) is 11.9 Å². The summed E-state index contributed by atoms with van der Waals surface area (Å²) in [6.45, 7) is 1.31. The molecule has 0 amide bonds. The minimum absolute atomic E-state index is 0.0332. The second kappa shape index (κ2) is 8.58. The Kier molecular flexibility index (Phi) is 6.14. The molecule has 0 spiro atoms. The second-order valence-electron chi connectivity index (χ2n) is 6.27. The average molecular weight is 419 g/mol. The molecule has 1 aliphatic rings. The van der Waals surface area contributed by atoms with E-state index in [4.69, 9.17) is 4.74 Å². The number of hydrogen-bond donors (Lipinski definition) is 0. The van der Waals surface area contributed by atoms with E-state index in [1.165, 1.54) is 30.7 Å². The van der Waals surface area contributed by atoms with Crippen molar-refractivity contribution in [1.82, 2.24) is 9.29 Å². The molecule has 29 heavy (non-hydrogen) atoms. The molecule has 0 bridgehead atoms. The molecule has 0 aliphatic carbocycles. The Bertz CT molecular complexity index is 1000. The van der Waals surface area contributed by atoms with Gasteiger partial charge in [-0.15, -0.1) is 0 Å². The van der Waals surface area contributed by atoms with E-state index < -0.39 is 22.0 Å². The molecular formula is C19H21N3O6S. The second-order valence-corrected chi connectivity index (χ2v) is 8.18. The van der Waals surface area contributed by atoms with E-state index in [2.05, 4.69) is 9.72 Å². The summed E-state index contributed by atoms with van der Waals surface area (Å²) >= 11 is 0. The van der Waals surface area contributed by atoms with Crippen molar-refractivity contribution in [2.75, 3.05) is 45.3 Å². The minimum atomic E-state index is -4.04. The van der Waals surface area contributed by atoms with Gasteiger partial charge in [-0.2, -0.15) is 4.31 Å². The number of aromatic nitrogens is 1. The Morgan fingerprint density at radius 3 is 2.24 bits per heavy atom. The van der Waals surface area contributed by atoms with Crippen LogP contribution in [0.4, 0.5) is 5.82 Å². The highest BCUT2D eigenvalue weighted by atomic mass is 32.2. The number of methoxy groups -OCH3 is 2. The van der Waals surface area contributed by atoms with Crippen LogP contribution in [0.1, 0.15) is 20.7 Å². The maximum atomic E-state index is 13.3. The molecule has 0 unspecified atom stereocenters. The Labute approximate surface area is 168 Å². The maximum absolute atomic E-state index is 13.3. The van der Waals surface area contributed by atoms with Gasteiger partial charge in [-0.05, 0) is 30.3 Å². The minimum Gasteiger partial charge on any atom is -0.465 e. The van der Waals surface area contributed by atoms with Crippen molar-refractivity contribution in [2.45, 2.75) is 4.90 Å². The third-order valence-corrected chi connectivity index (χ3v) is 6.58. The summed E-state index contributed by atoms with van der Waals surface area (Å²) in [5.41, 5.74) is -0.0989. The van der Waals surface area contributed by atoms with Crippen LogP contribution in [0.25, 0.3) is 0 Å². The average Bonchev–Trinajstić information content (AvgIpc) is 2.78. The Hall–Kier alpha value is -2.98. The number of rotatable bonds is 5. The molecule has 2 aromatic rings. The number of benzene rings is 1. The number of piperazine rings is 1. The van der Waals surface area contributed by atoms with Crippen LogP contribution >= 0.6 is 0 Å². The van der Waals surface area contributed by atoms with Gasteiger partial charge in [0.1, 0.15) is 5.82 Å². The SMILES string of the molecule is COC(=O)c1ccc(C(=O)OC)c(S(=O)(=O)N2CCN(c3ccccn3)CC2)c1. The summed E-state index contributed by atoms with van der Waals surface area (Å²) in [4.78, 5) is 30.0. The first-order valence-corrected chi connectivity index (χ1v) is 10.3. The zero-order chi connectivity index (χ0) is 21.0. The normalized spacial score (nSPS) is 15.0. The fourth-order valence-electron chi connectivity index (χ4n) is 3.10. The van der Waals surface area contributed by atoms with Crippen LogP contribution in [0.5, 0.6) is 0 Å². The first-order valence-electron chi connectivity index (χ1n) is 8.85. The van der Waals surface area contributed by atoms with Crippen LogP contribution in [-0.2, 0) is 19.5 Å². The number of pyridine rings is 1. The first kappa shape index (κ1) is 20.7. The van der Waals surface area contributed by atoms with Crippen LogP contribution in [0.3, 0.4) is 0 Å². The van der Waals surface area contributed by atoms with Gasteiger partial charge in [0, 0.05) is 32.4 Å². The van der Waals surface area contributed by atoms with Crippen molar-refractivity contribution >= 4 is 27.8 Å². The van der Waals surface area contributed by atoms with Gasteiger partial charge in [-0.1, -0.05) is 6.07 Å². The van der Waals surface area contributed by atoms with Crippen molar-refractivity contribution < 1.29 is 27.5 Å². The number of anilines is 1. The lowest BCUT2D eigenvalue weighted by molar-refractivity contribution is 0.0583. The number of carbonyl (C=O) groups is 2. The van der Waals surface area contributed by atoms with Gasteiger partial charge in [0.15, 0.2) is 0 Å². The van der Waals surface area contributed by atoms with E-state index in [9.17, 15) is 18.0 Å². The molecule has 1 aromatic heterocycles. The molecular weight excluding hydrogens is 398 g/mol. The third kappa shape index (κ3) is 4.22. The number of esters is 2. The Morgan fingerprint density at radius 2 is 1.66 bits per heavy atom. The van der Waals surface area contributed by atoms with Gasteiger partial charge in [0.25, 0.3) is 0 Å². The summed E-state index contributed by atoms with van der Waals surface area (Å²) in [7, 11) is -1.68. The van der Waals surface area contributed by atoms with Crippen LogP contribution in [-0.4, -0.2) is 70.0 Å². The largest absolute Gasteiger partial charge is 0.465 e. The maximum Gasteiger partial charge on any atom is 0.339 e. The van der Waals surface area contributed by atoms with Gasteiger partial charge in [0.2, 0.25) is 10.0 Å². The zero-order valence-corrected chi connectivity index (χ0v) is 16.9. The van der Waals surface area contributed by atoms with Crippen molar-refractivity contribution in [3.63, 3.8) is 0 Å². The van der Waals surface area contributed by atoms with Crippen LogP contribution in [0.15, 0.2) is 47.5 Å². The number of hydrogen-bond acceptors (Lipinski definition) is 8. The van der Waals surface area contributed by atoms with Crippen LogP contribution in [0.2, 0.25) is 0 Å². The van der Waals surface area contributed by atoms with Gasteiger partial charge >= 0.3 is 11.9 Å². The lowest BCUT2D eigenvalue weighted by atomic mass is 10.1. The molecule has 1 fully saturated rings. The lowest BCUT2D eigenvalue weighted by Gasteiger charge is -2.34. The van der Waals surface area contributed by atoms with Crippen molar-refractivity contribution in [3.05, 3.63) is 53.7 Å². The van der Waals surface area contributed by atoms with Crippen molar-refractivity contribution in [1.29, 1.82) is 0 Å². The number of carbonyl (C=O) groups excluding carboxylic acids is 2. The molecule has 0 N–H and O–H groups in total. The molecule has 9 nitrogen and oxygen atoms in total.